The number of carbonyl (C=O) groups is 2. The Morgan fingerprint density at radius 2 is 1.07 bits per heavy atom. The molecule has 0 amide bonds. The lowest BCUT2D eigenvalue weighted by Crippen LogP contribution is -2.17. The standard InChI is InChI=1S/C10H11N3O7S2.C10H12N2O7S2.C8H7NO4.C6H6N2O5S/c11-4-2-5(21(15,16)17)3-1-6(22(18,19)20)9(13)10(14)7(3)8(4)12;1-2-3-5-6(10(12)21(17,18)19)4-7(20(14,15)16)8(11)9(5)13;9-6-3-4(7(10)11)1-2-5(6)8(12)13;7-5-2-1-4(8(9)10)3-6(5)14(11,12)13/h1-2,14H,11-13H2,(H,15,16,17)(H,18,19,20);2-4,12-13H,11H2,1H3,(H,14,15,16)(H,17,18,19);1-3H,9H2,(H,10,11)(H,12,13);1-3H,7H2,(H,11,12,13)/b;3-2-,12-10?;;. The highest BCUT2D eigenvalue weighted by molar-refractivity contribution is 8.02. The van der Waals surface area contributed by atoms with Crippen LogP contribution in [0.4, 0.5) is 39.8 Å². The van der Waals surface area contributed by atoms with Gasteiger partial charge in [-0.15, -0.1) is 0 Å². The van der Waals surface area contributed by atoms with Crippen molar-refractivity contribution in [2.24, 2.45) is 0 Å². The van der Waals surface area contributed by atoms with Gasteiger partial charge in [-0.25, -0.2) is 9.59 Å². The number of aromatic carboxylic acids is 2. The summed E-state index contributed by atoms with van der Waals surface area (Å²) >= 11 is 0. The van der Waals surface area contributed by atoms with Crippen molar-refractivity contribution in [2.75, 3.05) is 34.4 Å². The van der Waals surface area contributed by atoms with Gasteiger partial charge >= 0.3 is 22.1 Å². The maximum absolute atomic E-state index is 11.4. The summed E-state index contributed by atoms with van der Waals surface area (Å²) in [6.07, 6.45) is 2.52. The van der Waals surface area contributed by atoms with E-state index in [1.54, 1.807) is 0 Å². The summed E-state index contributed by atoms with van der Waals surface area (Å²) in [6.45, 7) is 1.51. The minimum absolute atomic E-state index is 0.0255. The molecule has 0 spiro atoms. The number of rotatable bonds is 9. The largest absolute Gasteiger partial charge is 0.505 e. The van der Waals surface area contributed by atoms with Crippen molar-refractivity contribution in [3.8, 4) is 11.5 Å². The first kappa shape index (κ1) is 58.2. The van der Waals surface area contributed by atoms with Gasteiger partial charge in [-0.05, 0) is 49.4 Å². The van der Waals surface area contributed by atoms with E-state index in [1.807, 2.05) is 0 Å². The highest BCUT2D eigenvalue weighted by Crippen LogP contribution is 2.44. The van der Waals surface area contributed by atoms with E-state index in [4.69, 9.17) is 68.2 Å². The van der Waals surface area contributed by atoms with E-state index in [9.17, 15) is 76.6 Å². The normalized spacial score (nSPS) is 11.8. The Morgan fingerprint density at radius 3 is 1.49 bits per heavy atom. The van der Waals surface area contributed by atoms with Crippen LogP contribution in [0.3, 0.4) is 0 Å². The number of phenolic OH excluding ortho intramolecular Hbond substituents is 2. The molecule has 0 atom stereocenters. The number of aromatic hydroxyl groups is 2. The molecular weight excluding hydrogens is 1050 g/mol. The molecule has 5 aromatic carbocycles. The van der Waals surface area contributed by atoms with Gasteiger partial charge in [-0.2, -0.15) is 42.1 Å². The number of nitrogens with two attached hydrogens (primary N) is 6. The monoisotopic (exact) mass is 1080 g/mol. The third kappa shape index (κ3) is 13.8. The quantitative estimate of drug-likeness (QED) is 0.0188. The van der Waals surface area contributed by atoms with E-state index in [2.05, 4.69) is 0 Å². The number of benzene rings is 5. The van der Waals surface area contributed by atoms with Crippen molar-refractivity contribution in [1.82, 2.24) is 0 Å². The number of nitrogens with one attached hydrogen (secondary N) is 1. The molecule has 22 N–H and O–H groups in total. The predicted molar refractivity (Wildman–Crippen MR) is 246 cm³/mol. The second-order valence-corrected chi connectivity index (χ2v) is 20.0. The van der Waals surface area contributed by atoms with Crippen molar-refractivity contribution >= 4 is 124 Å². The number of nitro groups is 1. The zero-order valence-electron chi connectivity index (χ0n) is 34.5. The van der Waals surface area contributed by atoms with Crippen LogP contribution in [0.5, 0.6) is 11.5 Å². The number of fused-ring (bicyclic) bond motifs is 1. The minimum Gasteiger partial charge on any atom is -0.505 e. The van der Waals surface area contributed by atoms with Crippen molar-refractivity contribution in [3.63, 3.8) is 0 Å². The van der Waals surface area contributed by atoms with Crippen LogP contribution >= 0.6 is 0 Å². The molecule has 31 nitrogen and oxygen atoms in total. The van der Waals surface area contributed by atoms with Crippen LogP contribution in [0, 0.1) is 15.5 Å². The molecule has 0 aliphatic rings. The minimum atomic E-state index is -4.97. The Balaban J connectivity index is 0.000000328. The van der Waals surface area contributed by atoms with Gasteiger partial charge in [0.15, 0.2) is 5.04 Å². The molecule has 5 rings (SSSR count). The summed E-state index contributed by atoms with van der Waals surface area (Å²) in [7, 11) is -24.0. The number of hydrogen-bond donors (Lipinski definition) is 16. The van der Waals surface area contributed by atoms with Crippen molar-refractivity contribution in [1.29, 1.82) is 5.41 Å². The van der Waals surface area contributed by atoms with Gasteiger partial charge in [-0.3, -0.25) is 38.3 Å². The fourth-order valence-corrected chi connectivity index (χ4v) is 8.38. The van der Waals surface area contributed by atoms with Gasteiger partial charge in [-0.1, -0.05) is 12.2 Å². The summed E-state index contributed by atoms with van der Waals surface area (Å²) in [6, 6.07) is 8.30. The summed E-state index contributed by atoms with van der Waals surface area (Å²) in [4.78, 5) is 27.0. The lowest BCUT2D eigenvalue weighted by Gasteiger charge is -2.14. The fraction of sp³-hybridized carbons (Fsp3) is 0.0294. The number of allylic oxidation sites excluding steroid dienone is 1. The average molecular weight is 1090 g/mol. The fourth-order valence-electron chi connectivity index (χ4n) is 5.30. The lowest BCUT2D eigenvalue weighted by molar-refractivity contribution is -0.385. The molecule has 0 radical (unpaired) electrons. The first-order chi connectivity index (χ1) is 31.6. The van der Waals surface area contributed by atoms with Gasteiger partial charge < -0.3 is 54.8 Å². The van der Waals surface area contributed by atoms with E-state index in [1.165, 1.54) is 25.1 Å². The summed E-state index contributed by atoms with van der Waals surface area (Å²) in [5, 5.41) is 52.4. The van der Waals surface area contributed by atoms with E-state index in [0.29, 0.717) is 18.2 Å². The summed E-state index contributed by atoms with van der Waals surface area (Å²) in [5.41, 5.74) is 28.7. The smallest absolute Gasteiger partial charge is 0.337 e. The van der Waals surface area contributed by atoms with Crippen LogP contribution in [-0.2, 0) is 50.6 Å². The number of hydrogen-bond acceptors (Lipinski definition) is 23. The summed E-state index contributed by atoms with van der Waals surface area (Å²) in [5.74, 6) is -4.04. The van der Waals surface area contributed by atoms with Gasteiger partial charge in [0.2, 0.25) is 0 Å². The third-order valence-electron chi connectivity index (χ3n) is 8.46. The topological polar surface area (TPSA) is 610 Å². The number of carboxylic acid groups (broad SMARTS) is 2. The van der Waals surface area contributed by atoms with Crippen LogP contribution in [0.1, 0.15) is 38.8 Å². The maximum atomic E-state index is 11.4. The third-order valence-corrected chi connectivity index (χ3v) is 12.8. The van der Waals surface area contributed by atoms with E-state index in [0.717, 1.165) is 30.3 Å². The van der Waals surface area contributed by atoms with Gasteiger partial charge in [0.05, 0.1) is 49.9 Å². The van der Waals surface area contributed by atoms with E-state index in [-0.39, 0.29) is 44.8 Å². The highest BCUT2D eigenvalue weighted by atomic mass is 32.2. The molecule has 5 aromatic rings. The van der Waals surface area contributed by atoms with Crippen molar-refractivity contribution < 1.29 is 99.8 Å². The van der Waals surface area contributed by atoms with Crippen LogP contribution in [-0.4, -0.2) is 107 Å². The zero-order valence-corrected chi connectivity index (χ0v) is 38.6. The number of nitro benzene ring substituents is 1. The Labute approximate surface area is 393 Å². The van der Waals surface area contributed by atoms with Crippen molar-refractivity contribution in [2.45, 2.75) is 26.5 Å². The highest BCUT2D eigenvalue weighted by Gasteiger charge is 2.29. The summed E-state index contributed by atoms with van der Waals surface area (Å²) < 4.78 is 156. The molecule has 0 aromatic heterocycles. The number of non-ortho nitro benzene ring substituents is 1. The zero-order chi connectivity index (χ0) is 54.6. The molecular formula is C34H36N8O23S5. The van der Waals surface area contributed by atoms with E-state index >= 15 is 0 Å². The Kier molecular flexibility index (Phi) is 17.6. The number of carboxylic acids is 2. The first-order valence-electron chi connectivity index (χ1n) is 17.4. The molecule has 380 valence electrons. The van der Waals surface area contributed by atoms with Gasteiger partial charge in [0, 0.05) is 34.3 Å². The molecule has 0 unspecified atom stereocenters. The van der Waals surface area contributed by atoms with Crippen LogP contribution in [0.25, 0.3) is 16.8 Å². The van der Waals surface area contributed by atoms with Gasteiger partial charge in [0.25, 0.3) is 46.2 Å². The molecule has 0 fully saturated rings. The second kappa shape index (κ2) is 21.1. The molecule has 0 aliphatic carbocycles. The van der Waals surface area contributed by atoms with Crippen molar-refractivity contribution in [3.05, 3.63) is 93.0 Å². The maximum Gasteiger partial charge on any atom is 0.337 e. The molecule has 0 saturated heterocycles. The number of phenols is 2. The van der Waals surface area contributed by atoms with Crippen LogP contribution in [0.15, 0.2) is 80.3 Å². The Bertz CT molecular complexity index is 3620. The predicted octanol–water partition coefficient (Wildman–Crippen LogP) is 1.34. The number of nitrogen functional groups attached to an aromatic ring is 6. The van der Waals surface area contributed by atoms with Crippen LogP contribution in [0.2, 0.25) is 0 Å². The molecule has 70 heavy (non-hydrogen) atoms. The molecule has 0 heterocycles. The number of nitrogens with zero attached hydrogens (tertiary/aromatic N) is 1. The SMILES string of the molecule is C/C=C\c1c(C(=N)S(=O)(=O)O)cc(S(=O)(=O)O)c(N)c1O.Nc1cc(C(=O)O)ccc1C(=O)O.Nc1cc(S(=O)(=O)O)c2cc(S(=O)(=O)O)c(N)c(O)c2c1N.Nc1ccc([N+](=O)[O-])cc1S(=O)(=O)O. The molecule has 36 heteroatoms. The Morgan fingerprint density at radius 1 is 0.586 bits per heavy atom. The lowest BCUT2D eigenvalue weighted by atomic mass is 10.0. The van der Waals surface area contributed by atoms with Gasteiger partial charge in [0.1, 0.15) is 31.1 Å². The van der Waals surface area contributed by atoms with E-state index < -0.39 is 132 Å². The average Bonchev–Trinajstić information content (AvgIpc) is 3.20. The molecule has 0 bridgehead atoms. The molecule has 0 aliphatic heterocycles. The van der Waals surface area contributed by atoms with Crippen LogP contribution < -0.4 is 34.4 Å². The number of anilines is 6. The second-order valence-electron chi connectivity index (χ2n) is 13.1. The first-order valence-corrected chi connectivity index (χ1v) is 24.6. The Hall–Kier alpha value is -7.94. The molecule has 0 saturated carbocycles.